The third kappa shape index (κ3) is 6.55. The molecule has 0 bridgehead atoms. The number of alkyl halides is 3. The maximum Gasteiger partial charge on any atom is 0.416 e. The Kier molecular flexibility index (Phi) is 7.73. The molecule has 1 N–H and O–H groups in total. The monoisotopic (exact) mass is 433 g/mol. The van der Waals surface area contributed by atoms with E-state index in [0.717, 1.165) is 56.3 Å². The highest BCUT2D eigenvalue weighted by Crippen LogP contribution is 2.34. The van der Waals surface area contributed by atoms with Gasteiger partial charge in [-0.2, -0.15) is 13.2 Å². The quantitative estimate of drug-likeness (QED) is 0.694. The molecule has 168 valence electrons. The molecular weight excluding hydrogens is 403 g/mol. The van der Waals surface area contributed by atoms with E-state index in [1.54, 1.807) is 6.07 Å². The highest BCUT2D eigenvalue weighted by Gasteiger charge is 2.34. The molecule has 0 atom stereocenters. The second-order valence-corrected chi connectivity index (χ2v) is 7.98. The van der Waals surface area contributed by atoms with Crippen LogP contribution in [0.25, 0.3) is 0 Å². The first-order valence-corrected chi connectivity index (χ1v) is 10.8. The van der Waals surface area contributed by atoms with Crippen LogP contribution in [-0.2, 0) is 30.4 Å². The molecule has 2 aromatic rings. The van der Waals surface area contributed by atoms with Crippen LogP contribution < -0.4 is 5.32 Å². The number of nitrogens with one attached hydrogen (secondary N) is 1. The summed E-state index contributed by atoms with van der Waals surface area (Å²) >= 11 is 0. The van der Waals surface area contributed by atoms with E-state index in [0.29, 0.717) is 0 Å². The lowest BCUT2D eigenvalue weighted by atomic mass is 10.0. The van der Waals surface area contributed by atoms with Gasteiger partial charge in [0.2, 0.25) is 5.91 Å². The van der Waals surface area contributed by atoms with E-state index in [1.165, 1.54) is 6.07 Å². The maximum absolute atomic E-state index is 13.7. The number of likely N-dealkylation sites (N-methyl/N-ethyl adjacent to an activating group) is 1. The van der Waals surface area contributed by atoms with E-state index in [1.807, 2.05) is 31.2 Å². The van der Waals surface area contributed by atoms with E-state index in [-0.39, 0.29) is 30.1 Å². The van der Waals surface area contributed by atoms with E-state index in [4.69, 9.17) is 0 Å². The predicted molar refractivity (Wildman–Crippen MR) is 117 cm³/mol. The lowest BCUT2D eigenvalue weighted by Gasteiger charge is -2.34. The van der Waals surface area contributed by atoms with Crippen molar-refractivity contribution in [2.45, 2.75) is 39.4 Å². The van der Waals surface area contributed by atoms with Crippen molar-refractivity contribution in [1.82, 2.24) is 9.80 Å². The summed E-state index contributed by atoms with van der Waals surface area (Å²) in [5.41, 5.74) is 1.69. The number of anilines is 1. The van der Waals surface area contributed by atoms with Crippen LogP contribution in [-0.4, -0.2) is 48.4 Å². The van der Waals surface area contributed by atoms with Gasteiger partial charge in [-0.25, -0.2) is 0 Å². The Labute approximate surface area is 182 Å². The molecule has 31 heavy (non-hydrogen) atoms. The van der Waals surface area contributed by atoms with E-state index in [2.05, 4.69) is 22.0 Å². The Morgan fingerprint density at radius 3 is 2.29 bits per heavy atom. The van der Waals surface area contributed by atoms with Crippen molar-refractivity contribution in [2.24, 2.45) is 0 Å². The minimum atomic E-state index is -4.48. The highest BCUT2D eigenvalue weighted by atomic mass is 19.4. The van der Waals surface area contributed by atoms with Crippen molar-refractivity contribution in [3.63, 3.8) is 0 Å². The fourth-order valence-electron chi connectivity index (χ4n) is 3.91. The number of benzene rings is 2. The Bertz CT molecular complexity index is 890. The first-order chi connectivity index (χ1) is 14.8. The Morgan fingerprint density at radius 1 is 0.968 bits per heavy atom. The Hall–Kier alpha value is -2.38. The third-order valence-electron chi connectivity index (χ3n) is 5.77. The number of carbonyl (C=O) groups is 1. The number of hydrogen-bond donors (Lipinski definition) is 1. The molecule has 1 amide bonds. The molecule has 0 unspecified atom stereocenters. The summed E-state index contributed by atoms with van der Waals surface area (Å²) in [6.07, 6.45) is -3.49. The van der Waals surface area contributed by atoms with Crippen LogP contribution in [0.2, 0.25) is 0 Å². The maximum atomic E-state index is 13.7. The van der Waals surface area contributed by atoms with E-state index >= 15 is 0 Å². The summed E-state index contributed by atoms with van der Waals surface area (Å²) in [6.45, 7) is 8.56. The molecule has 3 rings (SSSR count). The Morgan fingerprint density at radius 2 is 1.65 bits per heavy atom. The standard InChI is InChI=1S/C24H30F3N3O/c1-3-18-6-5-7-19(14-18)15-23(31)28-21-9-8-20(22(16-21)24(25,26)27)17-30-12-10-29(4-2)11-13-30/h5-9,14,16H,3-4,10-13,15,17H2,1-2H3,(H,28,31). The number of carbonyl (C=O) groups excluding carboxylic acids is 1. The average molecular weight is 434 g/mol. The Balaban J connectivity index is 1.69. The second-order valence-electron chi connectivity index (χ2n) is 7.98. The summed E-state index contributed by atoms with van der Waals surface area (Å²) < 4.78 is 41.2. The molecule has 1 saturated heterocycles. The topological polar surface area (TPSA) is 35.6 Å². The fraction of sp³-hybridized carbons (Fsp3) is 0.458. The van der Waals surface area contributed by atoms with Crippen LogP contribution in [0.15, 0.2) is 42.5 Å². The van der Waals surface area contributed by atoms with Gasteiger partial charge in [0.05, 0.1) is 12.0 Å². The van der Waals surface area contributed by atoms with Crippen LogP contribution in [0.3, 0.4) is 0 Å². The van der Waals surface area contributed by atoms with Gasteiger partial charge >= 0.3 is 6.18 Å². The number of aryl methyl sites for hydroxylation is 1. The molecule has 1 aliphatic rings. The van der Waals surface area contributed by atoms with Crippen molar-refractivity contribution in [3.8, 4) is 0 Å². The lowest BCUT2D eigenvalue weighted by molar-refractivity contribution is -0.138. The van der Waals surface area contributed by atoms with Gasteiger partial charge in [-0.1, -0.05) is 44.2 Å². The minimum Gasteiger partial charge on any atom is -0.326 e. The zero-order valence-corrected chi connectivity index (χ0v) is 18.1. The SMILES string of the molecule is CCc1cccc(CC(=O)Nc2ccc(CN3CCN(CC)CC3)c(C(F)(F)F)c2)c1. The van der Waals surface area contributed by atoms with Crippen LogP contribution in [0.4, 0.5) is 18.9 Å². The molecule has 4 nitrogen and oxygen atoms in total. The highest BCUT2D eigenvalue weighted by molar-refractivity contribution is 5.92. The van der Waals surface area contributed by atoms with Gasteiger partial charge in [0.1, 0.15) is 0 Å². The summed E-state index contributed by atoms with van der Waals surface area (Å²) in [4.78, 5) is 16.7. The number of amides is 1. The molecule has 7 heteroatoms. The van der Waals surface area contributed by atoms with E-state index in [9.17, 15) is 18.0 Å². The molecule has 0 radical (unpaired) electrons. The van der Waals surface area contributed by atoms with Crippen LogP contribution in [0.5, 0.6) is 0 Å². The number of piperazine rings is 1. The van der Waals surface area contributed by atoms with Crippen molar-refractivity contribution < 1.29 is 18.0 Å². The second kappa shape index (κ2) is 10.3. The zero-order chi connectivity index (χ0) is 22.4. The minimum absolute atomic E-state index is 0.124. The lowest BCUT2D eigenvalue weighted by Crippen LogP contribution is -2.45. The molecule has 1 aliphatic heterocycles. The summed E-state index contributed by atoms with van der Waals surface area (Å²) in [6, 6.07) is 11.8. The number of halogens is 3. The molecular formula is C24H30F3N3O. The molecule has 1 heterocycles. The van der Waals surface area contributed by atoms with E-state index < -0.39 is 11.7 Å². The molecule has 0 spiro atoms. The van der Waals surface area contributed by atoms with Gasteiger partial charge in [-0.15, -0.1) is 0 Å². The molecule has 0 saturated carbocycles. The third-order valence-corrected chi connectivity index (χ3v) is 5.77. The molecule has 0 aliphatic carbocycles. The molecule has 2 aromatic carbocycles. The number of rotatable bonds is 7. The van der Waals surface area contributed by atoms with Gasteiger partial charge in [-0.3, -0.25) is 9.69 Å². The summed E-state index contributed by atoms with van der Waals surface area (Å²) in [5.74, 6) is -0.329. The van der Waals surface area contributed by atoms with Crippen LogP contribution in [0, 0.1) is 0 Å². The molecule has 0 aromatic heterocycles. The van der Waals surface area contributed by atoms with Gasteiger partial charge in [0, 0.05) is 38.4 Å². The van der Waals surface area contributed by atoms with Crippen molar-refractivity contribution in [2.75, 3.05) is 38.0 Å². The van der Waals surface area contributed by atoms with Gasteiger partial charge in [0.25, 0.3) is 0 Å². The first-order valence-electron chi connectivity index (χ1n) is 10.8. The zero-order valence-electron chi connectivity index (χ0n) is 18.1. The molecule has 1 fully saturated rings. The first kappa shape index (κ1) is 23.3. The predicted octanol–water partition coefficient (Wildman–Crippen LogP) is 4.59. The number of nitrogens with zero attached hydrogens (tertiary/aromatic N) is 2. The normalized spacial score (nSPS) is 15.8. The summed E-state index contributed by atoms with van der Waals surface area (Å²) in [7, 11) is 0. The van der Waals surface area contributed by atoms with Gasteiger partial charge < -0.3 is 10.2 Å². The summed E-state index contributed by atoms with van der Waals surface area (Å²) in [5, 5.41) is 2.63. The smallest absolute Gasteiger partial charge is 0.326 e. The largest absolute Gasteiger partial charge is 0.416 e. The van der Waals surface area contributed by atoms with Gasteiger partial charge in [0.15, 0.2) is 0 Å². The van der Waals surface area contributed by atoms with Crippen LogP contribution in [0.1, 0.15) is 36.1 Å². The van der Waals surface area contributed by atoms with Crippen molar-refractivity contribution in [3.05, 3.63) is 64.7 Å². The van der Waals surface area contributed by atoms with Crippen molar-refractivity contribution >= 4 is 11.6 Å². The average Bonchev–Trinajstić information content (AvgIpc) is 2.74. The van der Waals surface area contributed by atoms with Crippen molar-refractivity contribution in [1.29, 1.82) is 0 Å². The van der Waals surface area contributed by atoms with Crippen LogP contribution >= 0.6 is 0 Å². The fourth-order valence-corrected chi connectivity index (χ4v) is 3.91. The van der Waals surface area contributed by atoms with Gasteiger partial charge in [-0.05, 0) is 41.8 Å². The number of hydrogen-bond acceptors (Lipinski definition) is 3.